The highest BCUT2D eigenvalue weighted by atomic mass is 32.1. The molecular weight excluding hydrogens is 450 g/mol. The summed E-state index contributed by atoms with van der Waals surface area (Å²) in [5.41, 5.74) is 10.6. The number of benzene rings is 1. The minimum absolute atomic E-state index is 0.134. The average Bonchev–Trinajstić information content (AvgIpc) is 3.53. The molecule has 7 nitrogen and oxygen atoms in total. The van der Waals surface area contributed by atoms with Crippen LogP contribution in [0.2, 0.25) is 0 Å². The number of halogens is 2. The number of ketones is 1. The number of carbonyl (C=O) groups is 1. The lowest BCUT2D eigenvalue weighted by atomic mass is 9.91. The van der Waals surface area contributed by atoms with Gasteiger partial charge in [0.25, 0.3) is 5.92 Å². The summed E-state index contributed by atoms with van der Waals surface area (Å²) in [6.07, 6.45) is 3.26. The van der Waals surface area contributed by atoms with Crippen molar-refractivity contribution in [2.75, 3.05) is 7.11 Å². The molecule has 0 N–H and O–H groups in total. The number of ether oxygens (including phenoxy) is 1. The summed E-state index contributed by atoms with van der Waals surface area (Å²) in [6.45, 7) is 1.37. The first-order chi connectivity index (χ1) is 15.8. The number of methoxy groups -OCH3 is 1. The minimum atomic E-state index is -3.11. The molecule has 5 rings (SSSR count). The second kappa shape index (κ2) is 7.67. The molecule has 0 bridgehead atoms. The van der Waals surface area contributed by atoms with Gasteiger partial charge in [-0.3, -0.25) is 9.59 Å². The van der Waals surface area contributed by atoms with E-state index < -0.39 is 12.0 Å². The van der Waals surface area contributed by atoms with Crippen molar-refractivity contribution in [1.29, 1.82) is 0 Å². The standard InChI is InChI=1S/C23H20F2N4O3S/c1-11(30)16-10-29(13-3-4-13)18-15(19(16)31)6-5-14(20(18)32-2)17-9-12-7-8-23(24,25)22(27-28-26)21(12)33-17/h5-6,9-10,13,22H,3-4,7-8H2,1-2H3. The monoisotopic (exact) mass is 470 g/mol. The third-order valence-electron chi connectivity index (χ3n) is 6.32. The third-order valence-corrected chi connectivity index (χ3v) is 7.58. The molecule has 0 spiro atoms. The van der Waals surface area contributed by atoms with Crippen molar-refractivity contribution in [2.45, 2.75) is 50.6 Å². The van der Waals surface area contributed by atoms with Gasteiger partial charge < -0.3 is 9.30 Å². The number of nitrogens with zero attached hydrogens (tertiary/aromatic N) is 4. The molecule has 2 aliphatic rings. The average molecular weight is 471 g/mol. The summed E-state index contributed by atoms with van der Waals surface area (Å²) >= 11 is 1.15. The van der Waals surface area contributed by atoms with Crippen molar-refractivity contribution < 1.29 is 18.3 Å². The van der Waals surface area contributed by atoms with Gasteiger partial charge in [0.15, 0.2) is 17.0 Å². The molecule has 1 saturated carbocycles. The van der Waals surface area contributed by atoms with Gasteiger partial charge in [-0.2, -0.15) is 0 Å². The zero-order valence-corrected chi connectivity index (χ0v) is 18.8. The second-order valence-electron chi connectivity index (χ2n) is 8.48. The molecule has 0 saturated heterocycles. The Hall–Kier alpha value is -3.23. The molecule has 1 unspecified atom stereocenters. The maximum Gasteiger partial charge on any atom is 0.261 e. The van der Waals surface area contributed by atoms with Crippen molar-refractivity contribution in [3.63, 3.8) is 0 Å². The Morgan fingerprint density at radius 1 is 1.36 bits per heavy atom. The molecule has 1 fully saturated rings. The van der Waals surface area contributed by atoms with E-state index in [1.165, 1.54) is 14.0 Å². The molecule has 3 aromatic rings. The summed E-state index contributed by atoms with van der Waals surface area (Å²) in [6, 6.07) is 3.85. The molecule has 10 heteroatoms. The van der Waals surface area contributed by atoms with Crippen LogP contribution in [0, 0.1) is 0 Å². The minimum Gasteiger partial charge on any atom is -0.494 e. The maximum absolute atomic E-state index is 14.4. The van der Waals surface area contributed by atoms with E-state index in [9.17, 15) is 18.4 Å². The first-order valence-electron chi connectivity index (χ1n) is 10.6. The van der Waals surface area contributed by atoms with Crippen LogP contribution in [-0.4, -0.2) is 23.4 Å². The van der Waals surface area contributed by atoms with Crippen molar-refractivity contribution >= 4 is 28.0 Å². The maximum atomic E-state index is 14.4. The quantitative estimate of drug-likeness (QED) is 0.192. The molecular formula is C23H20F2N4O3S. The fourth-order valence-electron chi connectivity index (χ4n) is 4.53. The predicted molar refractivity (Wildman–Crippen MR) is 122 cm³/mol. The highest BCUT2D eigenvalue weighted by Crippen LogP contribution is 2.51. The second-order valence-corrected chi connectivity index (χ2v) is 9.56. The largest absolute Gasteiger partial charge is 0.494 e. The number of aromatic nitrogens is 1. The normalized spacial score (nSPS) is 19.1. The van der Waals surface area contributed by atoms with Crippen LogP contribution in [0.1, 0.15) is 59.1 Å². The van der Waals surface area contributed by atoms with Crippen LogP contribution in [-0.2, 0) is 6.42 Å². The summed E-state index contributed by atoms with van der Waals surface area (Å²) < 4.78 is 36.6. The summed E-state index contributed by atoms with van der Waals surface area (Å²) in [5.74, 6) is -2.95. The van der Waals surface area contributed by atoms with E-state index in [2.05, 4.69) is 10.0 Å². The van der Waals surface area contributed by atoms with Gasteiger partial charge in [-0.15, -0.1) is 11.3 Å². The van der Waals surface area contributed by atoms with E-state index in [0.29, 0.717) is 32.0 Å². The Morgan fingerprint density at radius 3 is 2.76 bits per heavy atom. The third kappa shape index (κ3) is 3.41. The van der Waals surface area contributed by atoms with Gasteiger partial charge >= 0.3 is 0 Å². The van der Waals surface area contributed by atoms with E-state index in [1.54, 1.807) is 18.3 Å². The molecule has 0 aliphatic heterocycles. The Bertz CT molecular complexity index is 1420. The van der Waals surface area contributed by atoms with Crippen molar-refractivity contribution in [2.24, 2.45) is 5.11 Å². The zero-order chi connectivity index (χ0) is 23.5. The van der Waals surface area contributed by atoms with Gasteiger partial charge in [-0.1, -0.05) is 5.11 Å². The lowest BCUT2D eigenvalue weighted by Gasteiger charge is -2.27. The number of Topliss-reactive ketones (excluding diaryl/α,β-unsaturated/α-hetero) is 1. The van der Waals surface area contributed by atoms with Crippen LogP contribution in [0.5, 0.6) is 5.75 Å². The van der Waals surface area contributed by atoms with Crippen LogP contribution < -0.4 is 10.2 Å². The topological polar surface area (TPSA) is 97.1 Å². The Kier molecular flexibility index (Phi) is 5.02. The zero-order valence-electron chi connectivity index (χ0n) is 18.0. The SMILES string of the molecule is COc1c(-c2cc3c(s2)C(N=[N+]=[N-])C(F)(F)CC3)ccc2c(=O)c(C(C)=O)cn(C3CC3)c12. The Balaban J connectivity index is 1.75. The number of aryl methyl sites for hydroxylation is 1. The molecule has 1 aromatic carbocycles. The molecule has 0 amide bonds. The van der Waals surface area contributed by atoms with Gasteiger partial charge in [-0.05, 0) is 55.5 Å². The fraction of sp³-hybridized carbons (Fsp3) is 0.391. The van der Waals surface area contributed by atoms with Crippen LogP contribution in [0.4, 0.5) is 8.78 Å². The summed E-state index contributed by atoms with van der Waals surface area (Å²) in [7, 11) is 1.50. The highest BCUT2D eigenvalue weighted by Gasteiger charge is 2.45. The first-order valence-corrected chi connectivity index (χ1v) is 11.4. The van der Waals surface area contributed by atoms with E-state index >= 15 is 0 Å². The fourth-order valence-corrected chi connectivity index (χ4v) is 5.86. The van der Waals surface area contributed by atoms with Crippen LogP contribution >= 0.6 is 11.3 Å². The molecule has 2 heterocycles. The number of carbonyl (C=O) groups excluding carboxylic acids is 1. The van der Waals surface area contributed by atoms with Crippen LogP contribution in [0.15, 0.2) is 34.3 Å². The molecule has 1 atom stereocenters. The van der Waals surface area contributed by atoms with E-state index in [4.69, 9.17) is 10.3 Å². The summed E-state index contributed by atoms with van der Waals surface area (Å²) in [4.78, 5) is 28.8. The molecule has 2 aliphatic carbocycles. The van der Waals surface area contributed by atoms with Crippen LogP contribution in [0.3, 0.4) is 0 Å². The number of azide groups is 1. The molecule has 170 valence electrons. The number of pyridine rings is 1. The van der Waals surface area contributed by atoms with E-state index in [1.807, 2.05) is 10.6 Å². The number of alkyl halides is 2. The van der Waals surface area contributed by atoms with Gasteiger partial charge in [0.05, 0.1) is 23.6 Å². The van der Waals surface area contributed by atoms with Gasteiger partial charge in [0.2, 0.25) is 0 Å². The van der Waals surface area contributed by atoms with E-state index in [-0.39, 0.29) is 35.7 Å². The predicted octanol–water partition coefficient (Wildman–Crippen LogP) is 6.21. The number of thiophene rings is 1. The molecule has 2 aromatic heterocycles. The van der Waals surface area contributed by atoms with Gasteiger partial charge in [0.1, 0.15) is 6.04 Å². The number of hydrogen-bond donors (Lipinski definition) is 0. The lowest BCUT2D eigenvalue weighted by molar-refractivity contribution is -0.0382. The van der Waals surface area contributed by atoms with Gasteiger partial charge in [0, 0.05) is 38.9 Å². The van der Waals surface area contributed by atoms with Crippen molar-refractivity contribution in [3.05, 3.63) is 61.1 Å². The van der Waals surface area contributed by atoms with Crippen molar-refractivity contribution in [1.82, 2.24) is 4.57 Å². The number of fused-ring (bicyclic) bond motifs is 2. The number of hydrogen-bond acceptors (Lipinski definition) is 5. The Morgan fingerprint density at radius 2 is 2.12 bits per heavy atom. The molecule has 0 radical (unpaired) electrons. The first kappa shape index (κ1) is 21.6. The Labute approximate surface area is 191 Å². The lowest BCUT2D eigenvalue weighted by Crippen LogP contribution is -2.29. The van der Waals surface area contributed by atoms with Gasteiger partial charge in [-0.25, -0.2) is 8.78 Å². The van der Waals surface area contributed by atoms with E-state index in [0.717, 1.165) is 29.7 Å². The highest BCUT2D eigenvalue weighted by molar-refractivity contribution is 7.15. The molecule has 33 heavy (non-hydrogen) atoms. The summed E-state index contributed by atoms with van der Waals surface area (Å²) in [5, 5.41) is 3.78. The number of rotatable bonds is 5. The van der Waals surface area contributed by atoms with Crippen molar-refractivity contribution in [3.8, 4) is 16.2 Å². The van der Waals surface area contributed by atoms with Crippen LogP contribution in [0.25, 0.3) is 31.8 Å². The smallest absolute Gasteiger partial charge is 0.261 e.